The maximum absolute atomic E-state index is 6.08. The molecule has 19 heavy (non-hydrogen) atoms. The van der Waals surface area contributed by atoms with Crippen LogP contribution in [0.5, 0.6) is 0 Å². The molecule has 0 saturated carbocycles. The van der Waals surface area contributed by atoms with Crippen LogP contribution in [0.2, 0.25) is 5.02 Å². The van der Waals surface area contributed by atoms with Gasteiger partial charge in [0.25, 0.3) is 0 Å². The molecule has 0 aliphatic rings. The Kier molecular flexibility index (Phi) is 4.69. The molecule has 0 bridgehead atoms. The standard InChI is InChI=1S/C16H19ClN2/c1-12-6-8-14(9-7-12)18-10-11-19-16-5-3-4-15(17)13(16)2/h3-9,18-19H,10-11H2,1-2H3. The van der Waals surface area contributed by atoms with Gasteiger partial charge in [0.2, 0.25) is 0 Å². The number of halogens is 1. The van der Waals surface area contributed by atoms with Gasteiger partial charge in [0.15, 0.2) is 0 Å². The van der Waals surface area contributed by atoms with Crippen LogP contribution in [0.25, 0.3) is 0 Å². The van der Waals surface area contributed by atoms with Crippen molar-refractivity contribution in [3.05, 3.63) is 58.6 Å². The van der Waals surface area contributed by atoms with Crippen molar-refractivity contribution in [2.24, 2.45) is 0 Å². The summed E-state index contributed by atoms with van der Waals surface area (Å²) in [7, 11) is 0. The van der Waals surface area contributed by atoms with Crippen molar-refractivity contribution in [2.75, 3.05) is 23.7 Å². The largest absolute Gasteiger partial charge is 0.383 e. The smallest absolute Gasteiger partial charge is 0.0455 e. The lowest BCUT2D eigenvalue weighted by Gasteiger charge is -2.12. The zero-order chi connectivity index (χ0) is 13.7. The Labute approximate surface area is 119 Å². The summed E-state index contributed by atoms with van der Waals surface area (Å²) < 4.78 is 0. The van der Waals surface area contributed by atoms with E-state index in [0.717, 1.165) is 35.1 Å². The van der Waals surface area contributed by atoms with E-state index < -0.39 is 0 Å². The Balaban J connectivity index is 1.81. The Morgan fingerprint density at radius 1 is 0.895 bits per heavy atom. The second-order valence-electron chi connectivity index (χ2n) is 4.63. The molecular formula is C16H19ClN2. The molecule has 2 N–H and O–H groups in total. The maximum Gasteiger partial charge on any atom is 0.0455 e. The normalized spacial score (nSPS) is 10.3. The van der Waals surface area contributed by atoms with Crippen LogP contribution >= 0.6 is 11.6 Å². The molecule has 0 aliphatic carbocycles. The Morgan fingerprint density at radius 3 is 2.32 bits per heavy atom. The van der Waals surface area contributed by atoms with Crippen molar-refractivity contribution >= 4 is 23.0 Å². The van der Waals surface area contributed by atoms with Crippen LogP contribution in [0.1, 0.15) is 11.1 Å². The molecule has 100 valence electrons. The lowest BCUT2D eigenvalue weighted by atomic mass is 10.2. The minimum Gasteiger partial charge on any atom is -0.383 e. The van der Waals surface area contributed by atoms with Gasteiger partial charge in [-0.2, -0.15) is 0 Å². The van der Waals surface area contributed by atoms with E-state index in [-0.39, 0.29) is 0 Å². The number of hydrogen-bond acceptors (Lipinski definition) is 2. The Morgan fingerprint density at radius 2 is 1.58 bits per heavy atom. The third-order valence-corrected chi connectivity index (χ3v) is 3.50. The zero-order valence-electron chi connectivity index (χ0n) is 11.3. The van der Waals surface area contributed by atoms with Crippen LogP contribution in [-0.2, 0) is 0 Å². The zero-order valence-corrected chi connectivity index (χ0v) is 12.1. The van der Waals surface area contributed by atoms with Crippen molar-refractivity contribution in [1.82, 2.24) is 0 Å². The van der Waals surface area contributed by atoms with Crippen LogP contribution in [0, 0.1) is 13.8 Å². The summed E-state index contributed by atoms with van der Waals surface area (Å²) >= 11 is 6.08. The van der Waals surface area contributed by atoms with E-state index in [9.17, 15) is 0 Å². The van der Waals surface area contributed by atoms with Crippen LogP contribution < -0.4 is 10.6 Å². The monoisotopic (exact) mass is 274 g/mol. The van der Waals surface area contributed by atoms with Gasteiger partial charge in [-0.3, -0.25) is 0 Å². The first-order valence-corrected chi connectivity index (χ1v) is 6.84. The van der Waals surface area contributed by atoms with Gasteiger partial charge in [-0.25, -0.2) is 0 Å². The summed E-state index contributed by atoms with van der Waals surface area (Å²) in [4.78, 5) is 0. The second kappa shape index (κ2) is 6.48. The van der Waals surface area contributed by atoms with E-state index in [2.05, 4.69) is 41.8 Å². The number of anilines is 2. The van der Waals surface area contributed by atoms with Crippen molar-refractivity contribution in [3.8, 4) is 0 Å². The van der Waals surface area contributed by atoms with Gasteiger partial charge in [-0.15, -0.1) is 0 Å². The maximum atomic E-state index is 6.08. The topological polar surface area (TPSA) is 24.1 Å². The fraction of sp³-hybridized carbons (Fsp3) is 0.250. The van der Waals surface area contributed by atoms with Gasteiger partial charge < -0.3 is 10.6 Å². The first-order valence-electron chi connectivity index (χ1n) is 6.46. The fourth-order valence-electron chi connectivity index (χ4n) is 1.87. The van der Waals surface area contributed by atoms with Gasteiger partial charge in [0.1, 0.15) is 0 Å². The summed E-state index contributed by atoms with van der Waals surface area (Å²) in [5.41, 5.74) is 4.62. The van der Waals surface area contributed by atoms with Crippen molar-refractivity contribution in [1.29, 1.82) is 0 Å². The molecule has 3 heteroatoms. The molecule has 2 aromatic rings. The molecule has 0 fully saturated rings. The molecular weight excluding hydrogens is 256 g/mol. The summed E-state index contributed by atoms with van der Waals surface area (Å²) in [6, 6.07) is 14.3. The third kappa shape index (κ3) is 3.90. The molecule has 0 atom stereocenters. The summed E-state index contributed by atoms with van der Waals surface area (Å²) in [5, 5.41) is 7.57. The first-order chi connectivity index (χ1) is 9.16. The first kappa shape index (κ1) is 13.8. The average molecular weight is 275 g/mol. The highest BCUT2D eigenvalue weighted by Gasteiger charge is 2.00. The molecule has 0 saturated heterocycles. The quantitative estimate of drug-likeness (QED) is 0.786. The predicted molar refractivity (Wildman–Crippen MR) is 84.3 cm³/mol. The van der Waals surface area contributed by atoms with E-state index in [1.54, 1.807) is 0 Å². The number of rotatable bonds is 5. The molecule has 0 heterocycles. The number of benzene rings is 2. The molecule has 2 aromatic carbocycles. The van der Waals surface area contributed by atoms with E-state index in [1.165, 1.54) is 5.56 Å². The minimum atomic E-state index is 0.802. The van der Waals surface area contributed by atoms with Crippen molar-refractivity contribution in [2.45, 2.75) is 13.8 Å². The van der Waals surface area contributed by atoms with Crippen molar-refractivity contribution < 1.29 is 0 Å². The minimum absolute atomic E-state index is 0.802. The molecule has 2 rings (SSSR count). The average Bonchev–Trinajstić information content (AvgIpc) is 2.41. The molecule has 2 nitrogen and oxygen atoms in total. The van der Waals surface area contributed by atoms with Crippen molar-refractivity contribution in [3.63, 3.8) is 0 Å². The lowest BCUT2D eigenvalue weighted by Crippen LogP contribution is -2.14. The summed E-state index contributed by atoms with van der Waals surface area (Å²) in [6.45, 7) is 5.84. The Hall–Kier alpha value is -1.67. The van der Waals surface area contributed by atoms with Gasteiger partial charge in [-0.05, 0) is 43.7 Å². The van der Waals surface area contributed by atoms with Crippen LogP contribution in [0.3, 0.4) is 0 Å². The van der Waals surface area contributed by atoms with Gasteiger partial charge >= 0.3 is 0 Å². The Bertz CT molecular complexity index is 535. The fourth-order valence-corrected chi connectivity index (χ4v) is 2.05. The number of nitrogens with one attached hydrogen (secondary N) is 2. The number of hydrogen-bond donors (Lipinski definition) is 2. The molecule has 0 spiro atoms. The lowest BCUT2D eigenvalue weighted by molar-refractivity contribution is 1.07. The SMILES string of the molecule is Cc1ccc(NCCNc2cccc(Cl)c2C)cc1. The van der Waals surface area contributed by atoms with E-state index in [1.807, 2.05) is 25.1 Å². The predicted octanol–water partition coefficient (Wildman–Crippen LogP) is 4.48. The van der Waals surface area contributed by atoms with Gasteiger partial charge in [0, 0.05) is 29.5 Å². The van der Waals surface area contributed by atoms with E-state index in [4.69, 9.17) is 11.6 Å². The molecule has 0 radical (unpaired) electrons. The summed E-state index contributed by atoms with van der Waals surface area (Å²) in [5.74, 6) is 0. The second-order valence-corrected chi connectivity index (χ2v) is 5.04. The molecule has 0 amide bonds. The summed E-state index contributed by atoms with van der Waals surface area (Å²) in [6.07, 6.45) is 0. The highest BCUT2D eigenvalue weighted by atomic mass is 35.5. The highest BCUT2D eigenvalue weighted by Crippen LogP contribution is 2.22. The van der Waals surface area contributed by atoms with E-state index >= 15 is 0 Å². The van der Waals surface area contributed by atoms with Crippen LogP contribution in [0.4, 0.5) is 11.4 Å². The molecule has 0 unspecified atom stereocenters. The highest BCUT2D eigenvalue weighted by molar-refractivity contribution is 6.31. The van der Waals surface area contributed by atoms with E-state index in [0.29, 0.717) is 0 Å². The van der Waals surface area contributed by atoms with Crippen LogP contribution in [0.15, 0.2) is 42.5 Å². The van der Waals surface area contributed by atoms with Gasteiger partial charge in [-0.1, -0.05) is 35.4 Å². The molecule has 0 aromatic heterocycles. The number of aryl methyl sites for hydroxylation is 1. The third-order valence-electron chi connectivity index (χ3n) is 3.09. The van der Waals surface area contributed by atoms with Crippen LogP contribution in [-0.4, -0.2) is 13.1 Å². The van der Waals surface area contributed by atoms with Gasteiger partial charge in [0.05, 0.1) is 0 Å². The molecule has 0 aliphatic heterocycles.